The minimum absolute atomic E-state index is 0.342. The molecule has 98 valence electrons. The Bertz CT molecular complexity index is 678. The van der Waals surface area contributed by atoms with E-state index in [1.54, 1.807) is 0 Å². The number of aliphatic hydroxyl groups is 1. The summed E-state index contributed by atoms with van der Waals surface area (Å²) in [4.78, 5) is 4.36. The summed E-state index contributed by atoms with van der Waals surface area (Å²) in [5.41, 5.74) is 2.34. The highest BCUT2D eigenvalue weighted by atomic mass is 16.4. The number of aryl methyl sites for hydroxylation is 2. The number of oxazole rings is 1. The van der Waals surface area contributed by atoms with E-state index in [9.17, 15) is 5.11 Å². The van der Waals surface area contributed by atoms with Crippen LogP contribution in [-0.2, 0) is 6.42 Å². The van der Waals surface area contributed by atoms with Crippen LogP contribution in [-0.4, -0.2) is 10.1 Å². The van der Waals surface area contributed by atoms with E-state index in [4.69, 9.17) is 8.83 Å². The number of rotatable bonds is 3. The number of para-hydroxylation sites is 2. The largest absolute Gasteiger partial charge is 0.466 e. The molecule has 1 N–H and O–H groups in total. The van der Waals surface area contributed by atoms with Gasteiger partial charge in [-0.1, -0.05) is 12.1 Å². The van der Waals surface area contributed by atoms with Crippen LogP contribution >= 0.6 is 0 Å². The average molecular weight is 257 g/mol. The smallest absolute Gasteiger partial charge is 0.198 e. The summed E-state index contributed by atoms with van der Waals surface area (Å²) >= 11 is 0. The van der Waals surface area contributed by atoms with Gasteiger partial charge < -0.3 is 13.9 Å². The zero-order valence-corrected chi connectivity index (χ0v) is 10.9. The third-order valence-electron chi connectivity index (χ3n) is 3.14. The first-order valence-corrected chi connectivity index (χ1v) is 6.23. The molecule has 1 atom stereocenters. The molecule has 0 aliphatic rings. The molecule has 0 saturated carbocycles. The van der Waals surface area contributed by atoms with Gasteiger partial charge in [0.05, 0.1) is 12.5 Å². The predicted molar refractivity (Wildman–Crippen MR) is 70.9 cm³/mol. The van der Waals surface area contributed by atoms with Crippen molar-refractivity contribution in [1.29, 1.82) is 0 Å². The first-order chi connectivity index (χ1) is 9.13. The van der Waals surface area contributed by atoms with E-state index in [0.29, 0.717) is 12.3 Å². The Morgan fingerprint density at radius 1 is 1.21 bits per heavy atom. The minimum atomic E-state index is -0.662. The molecular formula is C15H15NO3. The van der Waals surface area contributed by atoms with Crippen LogP contribution in [0, 0.1) is 13.8 Å². The maximum Gasteiger partial charge on any atom is 0.198 e. The van der Waals surface area contributed by atoms with Gasteiger partial charge in [-0.15, -0.1) is 0 Å². The molecule has 0 bridgehead atoms. The van der Waals surface area contributed by atoms with Crippen LogP contribution in [0.5, 0.6) is 0 Å². The van der Waals surface area contributed by atoms with Gasteiger partial charge in [-0.3, -0.25) is 0 Å². The van der Waals surface area contributed by atoms with Gasteiger partial charge in [-0.2, -0.15) is 0 Å². The lowest BCUT2D eigenvalue weighted by Gasteiger charge is -2.06. The molecule has 3 rings (SSSR count). The second-order valence-corrected chi connectivity index (χ2v) is 4.66. The third-order valence-corrected chi connectivity index (χ3v) is 3.14. The van der Waals surface area contributed by atoms with Gasteiger partial charge in [0.2, 0.25) is 0 Å². The number of nitrogens with zero attached hydrogens (tertiary/aromatic N) is 1. The first kappa shape index (κ1) is 12.0. The summed E-state index contributed by atoms with van der Waals surface area (Å²) in [6, 6.07) is 9.42. The van der Waals surface area contributed by atoms with Gasteiger partial charge in [-0.05, 0) is 32.0 Å². The number of aliphatic hydroxyl groups excluding tert-OH is 1. The summed E-state index contributed by atoms with van der Waals surface area (Å²) in [6.07, 6.45) is -0.320. The molecule has 4 nitrogen and oxygen atoms in total. The molecule has 2 aromatic heterocycles. The van der Waals surface area contributed by atoms with Crippen molar-refractivity contribution in [3.8, 4) is 0 Å². The Morgan fingerprint density at radius 3 is 2.68 bits per heavy atom. The summed E-state index contributed by atoms with van der Waals surface area (Å²) in [5.74, 6) is 2.07. The molecule has 0 radical (unpaired) electrons. The van der Waals surface area contributed by atoms with Crippen molar-refractivity contribution >= 4 is 11.1 Å². The van der Waals surface area contributed by atoms with Crippen LogP contribution < -0.4 is 0 Å². The zero-order valence-electron chi connectivity index (χ0n) is 10.9. The quantitative estimate of drug-likeness (QED) is 0.782. The van der Waals surface area contributed by atoms with Crippen molar-refractivity contribution in [2.45, 2.75) is 26.4 Å². The molecule has 0 amide bonds. The average Bonchev–Trinajstić information content (AvgIpc) is 2.91. The normalized spacial score (nSPS) is 13.0. The van der Waals surface area contributed by atoms with Gasteiger partial charge in [0.15, 0.2) is 11.5 Å². The number of furan rings is 1. The Labute approximate surface area is 110 Å². The molecule has 0 saturated heterocycles. The summed E-state index contributed by atoms with van der Waals surface area (Å²) < 4.78 is 11.0. The molecule has 4 heteroatoms. The van der Waals surface area contributed by atoms with Gasteiger partial charge >= 0.3 is 0 Å². The van der Waals surface area contributed by atoms with Gasteiger partial charge in [-0.25, -0.2) is 4.98 Å². The fraction of sp³-hybridized carbons (Fsp3) is 0.267. The molecule has 19 heavy (non-hydrogen) atoms. The minimum Gasteiger partial charge on any atom is -0.466 e. The molecule has 0 fully saturated rings. The van der Waals surface area contributed by atoms with Crippen LogP contribution in [0.4, 0.5) is 0 Å². The molecule has 0 spiro atoms. The van der Waals surface area contributed by atoms with Crippen molar-refractivity contribution in [3.05, 3.63) is 53.3 Å². The molecule has 1 unspecified atom stereocenters. The number of benzene rings is 1. The molecule has 3 aromatic rings. The van der Waals surface area contributed by atoms with E-state index in [2.05, 4.69) is 4.98 Å². The van der Waals surface area contributed by atoms with E-state index >= 15 is 0 Å². The molecule has 1 aromatic carbocycles. The van der Waals surface area contributed by atoms with Crippen LogP contribution in [0.15, 0.2) is 39.2 Å². The van der Waals surface area contributed by atoms with E-state index in [0.717, 1.165) is 28.2 Å². The number of aromatic nitrogens is 1. The standard InChI is InChI=1S/C15H15NO3/c1-9-7-11(10(2)18-9)13(17)8-15-16-12-5-3-4-6-14(12)19-15/h3-7,13,17H,8H2,1-2H3. The van der Waals surface area contributed by atoms with Gasteiger partial charge in [0.25, 0.3) is 0 Å². The highest BCUT2D eigenvalue weighted by molar-refractivity contribution is 5.72. The fourth-order valence-corrected chi connectivity index (χ4v) is 2.26. The van der Waals surface area contributed by atoms with Crippen LogP contribution in [0.1, 0.15) is 29.1 Å². The highest BCUT2D eigenvalue weighted by Gasteiger charge is 2.17. The Hall–Kier alpha value is -2.07. The summed E-state index contributed by atoms with van der Waals surface area (Å²) in [7, 11) is 0. The fourth-order valence-electron chi connectivity index (χ4n) is 2.26. The zero-order chi connectivity index (χ0) is 13.4. The van der Waals surface area contributed by atoms with Gasteiger partial charge in [0.1, 0.15) is 17.0 Å². The topological polar surface area (TPSA) is 59.4 Å². The van der Waals surface area contributed by atoms with Crippen molar-refractivity contribution in [1.82, 2.24) is 4.98 Å². The lowest BCUT2D eigenvalue weighted by atomic mass is 10.1. The summed E-state index contributed by atoms with van der Waals surface area (Å²) in [6.45, 7) is 3.71. The molecule has 0 aliphatic heterocycles. The molecule has 0 aliphatic carbocycles. The maximum atomic E-state index is 10.2. The SMILES string of the molecule is Cc1cc(C(O)Cc2nc3ccccc3o2)c(C)o1. The molecule has 2 heterocycles. The maximum absolute atomic E-state index is 10.2. The van der Waals surface area contributed by atoms with Crippen LogP contribution in [0.3, 0.4) is 0 Å². The van der Waals surface area contributed by atoms with Crippen molar-refractivity contribution in [2.24, 2.45) is 0 Å². The predicted octanol–water partition coefficient (Wildman–Crippen LogP) is 3.31. The van der Waals surface area contributed by atoms with E-state index in [-0.39, 0.29) is 0 Å². The Kier molecular flexibility index (Phi) is 2.87. The first-order valence-electron chi connectivity index (χ1n) is 6.23. The lowest BCUT2D eigenvalue weighted by Crippen LogP contribution is -2.02. The second-order valence-electron chi connectivity index (χ2n) is 4.66. The van der Waals surface area contributed by atoms with Crippen molar-refractivity contribution < 1.29 is 13.9 Å². The number of hydrogen-bond donors (Lipinski definition) is 1. The van der Waals surface area contributed by atoms with E-state index < -0.39 is 6.10 Å². The number of hydrogen-bond acceptors (Lipinski definition) is 4. The monoisotopic (exact) mass is 257 g/mol. The lowest BCUT2D eigenvalue weighted by molar-refractivity contribution is 0.167. The number of fused-ring (bicyclic) bond motifs is 1. The molecular weight excluding hydrogens is 242 g/mol. The van der Waals surface area contributed by atoms with Gasteiger partial charge in [0, 0.05) is 5.56 Å². The van der Waals surface area contributed by atoms with Crippen LogP contribution in [0.2, 0.25) is 0 Å². The van der Waals surface area contributed by atoms with Crippen LogP contribution in [0.25, 0.3) is 11.1 Å². The van der Waals surface area contributed by atoms with E-state index in [1.165, 1.54) is 0 Å². The highest BCUT2D eigenvalue weighted by Crippen LogP contribution is 2.25. The Morgan fingerprint density at radius 2 is 2.00 bits per heavy atom. The Balaban J connectivity index is 1.86. The third kappa shape index (κ3) is 2.27. The summed E-state index contributed by atoms with van der Waals surface area (Å²) in [5, 5.41) is 10.2. The second kappa shape index (κ2) is 4.55. The van der Waals surface area contributed by atoms with Crippen molar-refractivity contribution in [2.75, 3.05) is 0 Å². The van der Waals surface area contributed by atoms with Crippen molar-refractivity contribution in [3.63, 3.8) is 0 Å². The van der Waals surface area contributed by atoms with E-state index in [1.807, 2.05) is 44.2 Å².